The number of hydrogen-bond acceptors (Lipinski definition) is 2. The van der Waals surface area contributed by atoms with Gasteiger partial charge in [-0.2, -0.15) is 0 Å². The minimum absolute atomic E-state index is 0.0441. The van der Waals surface area contributed by atoms with Gasteiger partial charge in [-0.1, -0.05) is 59.6 Å². The molecule has 0 radical (unpaired) electrons. The van der Waals surface area contributed by atoms with Crippen molar-refractivity contribution in [3.63, 3.8) is 0 Å². The fraction of sp³-hybridized carbons (Fsp3) is 0. The van der Waals surface area contributed by atoms with Crippen molar-refractivity contribution in [1.29, 1.82) is 0 Å². The van der Waals surface area contributed by atoms with Gasteiger partial charge in [0.15, 0.2) is 0 Å². The van der Waals surface area contributed by atoms with Crippen LogP contribution in [0.4, 0.5) is 5.69 Å². The van der Waals surface area contributed by atoms with E-state index in [1.54, 1.807) is 42.5 Å². The maximum absolute atomic E-state index is 12.8. The molecule has 4 rings (SSSR count). The van der Waals surface area contributed by atoms with E-state index in [2.05, 4.69) is 10.3 Å². The molecule has 0 fully saturated rings. The average molecular weight is 409 g/mol. The SMILES string of the molecule is O=C(Nc1ccccc1-c1ccc(Cl)c(Cl)c1)c1c[nH]c2ccccc2c1=O. The third kappa shape index (κ3) is 3.40. The summed E-state index contributed by atoms with van der Waals surface area (Å²) in [6.45, 7) is 0. The fourth-order valence-corrected chi connectivity index (χ4v) is 3.33. The van der Waals surface area contributed by atoms with E-state index in [0.717, 1.165) is 11.1 Å². The summed E-state index contributed by atoms with van der Waals surface area (Å²) < 4.78 is 0. The third-order valence-electron chi connectivity index (χ3n) is 4.44. The van der Waals surface area contributed by atoms with Crippen molar-refractivity contribution < 1.29 is 4.79 Å². The van der Waals surface area contributed by atoms with Gasteiger partial charge in [-0.05, 0) is 35.9 Å². The number of H-pyrrole nitrogens is 1. The zero-order valence-electron chi connectivity index (χ0n) is 14.5. The van der Waals surface area contributed by atoms with Crippen LogP contribution >= 0.6 is 23.2 Å². The molecule has 0 spiro atoms. The van der Waals surface area contributed by atoms with E-state index in [9.17, 15) is 9.59 Å². The van der Waals surface area contributed by atoms with Crippen molar-refractivity contribution in [3.8, 4) is 11.1 Å². The Kier molecular flexibility index (Phi) is 4.90. The van der Waals surface area contributed by atoms with E-state index in [-0.39, 0.29) is 11.0 Å². The van der Waals surface area contributed by atoms with Gasteiger partial charge in [0.1, 0.15) is 5.56 Å². The first-order chi connectivity index (χ1) is 13.5. The molecule has 1 aromatic heterocycles. The van der Waals surface area contributed by atoms with Gasteiger partial charge >= 0.3 is 0 Å². The lowest BCUT2D eigenvalue weighted by Gasteiger charge is -2.12. The Morgan fingerprint density at radius 1 is 0.893 bits per heavy atom. The summed E-state index contributed by atoms with van der Waals surface area (Å²) in [5, 5.41) is 4.17. The molecule has 1 heterocycles. The minimum Gasteiger partial charge on any atom is -0.360 e. The zero-order chi connectivity index (χ0) is 19.7. The molecule has 28 heavy (non-hydrogen) atoms. The second kappa shape index (κ2) is 7.50. The van der Waals surface area contributed by atoms with E-state index in [1.165, 1.54) is 6.20 Å². The Labute approximate surface area is 170 Å². The normalized spacial score (nSPS) is 10.8. The third-order valence-corrected chi connectivity index (χ3v) is 5.18. The molecule has 6 heteroatoms. The molecule has 0 saturated heterocycles. The van der Waals surface area contributed by atoms with Crippen LogP contribution in [0.25, 0.3) is 22.0 Å². The molecule has 0 aliphatic carbocycles. The number of benzene rings is 3. The summed E-state index contributed by atoms with van der Waals surface area (Å²) in [5.74, 6) is -0.487. The van der Waals surface area contributed by atoms with Gasteiger partial charge in [-0.3, -0.25) is 9.59 Å². The fourth-order valence-electron chi connectivity index (χ4n) is 3.03. The average Bonchev–Trinajstić information content (AvgIpc) is 2.71. The molecule has 1 amide bonds. The molecule has 0 aliphatic heterocycles. The maximum Gasteiger partial charge on any atom is 0.261 e. The van der Waals surface area contributed by atoms with Crippen LogP contribution in [-0.4, -0.2) is 10.9 Å². The summed E-state index contributed by atoms with van der Waals surface area (Å²) in [6, 6.07) is 19.6. The Morgan fingerprint density at radius 2 is 1.64 bits per heavy atom. The summed E-state index contributed by atoms with van der Waals surface area (Å²) in [5.41, 5.74) is 2.55. The standard InChI is InChI=1S/C22H14Cl2N2O2/c23-17-10-9-13(11-18(17)24)14-5-1-4-8-20(14)26-22(28)16-12-25-19-7-3-2-6-15(19)21(16)27/h1-12H,(H,25,27)(H,26,28). The van der Waals surface area contributed by atoms with E-state index >= 15 is 0 Å². The van der Waals surface area contributed by atoms with Crippen molar-refractivity contribution in [2.24, 2.45) is 0 Å². The van der Waals surface area contributed by atoms with Crippen LogP contribution in [0.5, 0.6) is 0 Å². The maximum atomic E-state index is 12.8. The van der Waals surface area contributed by atoms with E-state index in [1.807, 2.05) is 24.3 Å². The summed E-state index contributed by atoms with van der Waals surface area (Å²) in [4.78, 5) is 28.5. The first-order valence-electron chi connectivity index (χ1n) is 8.51. The van der Waals surface area contributed by atoms with Gasteiger partial charge in [0.25, 0.3) is 5.91 Å². The van der Waals surface area contributed by atoms with E-state index in [4.69, 9.17) is 23.2 Å². The number of halogens is 2. The first-order valence-corrected chi connectivity index (χ1v) is 9.26. The Balaban J connectivity index is 1.72. The second-order valence-corrected chi connectivity index (χ2v) is 7.02. The molecule has 0 atom stereocenters. The number of anilines is 1. The molecule has 0 unspecified atom stereocenters. The number of amides is 1. The summed E-state index contributed by atoms with van der Waals surface area (Å²) in [7, 11) is 0. The number of hydrogen-bond donors (Lipinski definition) is 2. The quantitative estimate of drug-likeness (QED) is 0.452. The molecule has 3 aromatic carbocycles. The molecular weight excluding hydrogens is 395 g/mol. The summed E-state index contributed by atoms with van der Waals surface area (Å²) in [6.07, 6.45) is 1.43. The Bertz CT molecular complexity index is 1260. The van der Waals surface area contributed by atoms with Crippen molar-refractivity contribution in [1.82, 2.24) is 4.98 Å². The monoisotopic (exact) mass is 408 g/mol. The number of pyridine rings is 1. The van der Waals surface area contributed by atoms with Crippen LogP contribution in [0, 0.1) is 0 Å². The lowest BCUT2D eigenvalue weighted by molar-refractivity contribution is 0.102. The van der Waals surface area contributed by atoms with Crippen LogP contribution < -0.4 is 10.7 Å². The number of nitrogens with one attached hydrogen (secondary N) is 2. The van der Waals surface area contributed by atoms with Gasteiger partial charge in [-0.25, -0.2) is 0 Å². The lowest BCUT2D eigenvalue weighted by Crippen LogP contribution is -2.22. The number of fused-ring (bicyclic) bond motifs is 1. The van der Waals surface area contributed by atoms with Crippen molar-refractivity contribution in [2.45, 2.75) is 0 Å². The second-order valence-electron chi connectivity index (χ2n) is 6.21. The highest BCUT2D eigenvalue weighted by Gasteiger charge is 2.15. The number of aromatic amines is 1. The van der Waals surface area contributed by atoms with Gasteiger partial charge in [-0.15, -0.1) is 0 Å². The molecule has 138 valence electrons. The van der Waals surface area contributed by atoms with E-state index < -0.39 is 5.91 Å². The lowest BCUT2D eigenvalue weighted by atomic mass is 10.0. The Morgan fingerprint density at radius 3 is 2.46 bits per heavy atom. The topological polar surface area (TPSA) is 62.0 Å². The van der Waals surface area contributed by atoms with Gasteiger partial charge in [0.05, 0.1) is 10.0 Å². The van der Waals surface area contributed by atoms with Crippen LogP contribution in [0.2, 0.25) is 10.0 Å². The Hall–Kier alpha value is -3.08. The van der Waals surface area contributed by atoms with Crippen molar-refractivity contribution >= 4 is 45.7 Å². The van der Waals surface area contributed by atoms with Gasteiger partial charge < -0.3 is 10.3 Å². The highest BCUT2D eigenvalue weighted by molar-refractivity contribution is 6.42. The van der Waals surface area contributed by atoms with Gasteiger partial charge in [0.2, 0.25) is 5.43 Å². The molecule has 4 nitrogen and oxygen atoms in total. The molecule has 4 aromatic rings. The van der Waals surface area contributed by atoms with Crippen LogP contribution in [0.1, 0.15) is 10.4 Å². The zero-order valence-corrected chi connectivity index (χ0v) is 16.0. The number of aromatic nitrogens is 1. The van der Waals surface area contributed by atoms with Crippen molar-refractivity contribution in [2.75, 3.05) is 5.32 Å². The predicted molar refractivity (Wildman–Crippen MR) is 114 cm³/mol. The molecule has 0 bridgehead atoms. The summed E-state index contributed by atoms with van der Waals surface area (Å²) >= 11 is 12.1. The number of carbonyl (C=O) groups excluding carboxylic acids is 1. The highest BCUT2D eigenvalue weighted by atomic mass is 35.5. The number of carbonyl (C=O) groups is 1. The smallest absolute Gasteiger partial charge is 0.261 e. The van der Waals surface area contributed by atoms with E-state index in [0.29, 0.717) is 26.6 Å². The van der Waals surface area contributed by atoms with Gasteiger partial charge in [0, 0.05) is 28.4 Å². The number of para-hydroxylation sites is 2. The minimum atomic E-state index is -0.487. The highest BCUT2D eigenvalue weighted by Crippen LogP contribution is 2.32. The number of rotatable bonds is 3. The molecule has 2 N–H and O–H groups in total. The van der Waals surface area contributed by atoms with Crippen LogP contribution in [0.15, 0.2) is 77.7 Å². The largest absolute Gasteiger partial charge is 0.360 e. The van der Waals surface area contributed by atoms with Crippen LogP contribution in [-0.2, 0) is 0 Å². The first kappa shape index (κ1) is 18.3. The molecule has 0 aliphatic rings. The van der Waals surface area contributed by atoms with Crippen LogP contribution in [0.3, 0.4) is 0 Å². The molecular formula is C22H14Cl2N2O2. The predicted octanol–water partition coefficient (Wildman–Crippen LogP) is 5.75. The van der Waals surface area contributed by atoms with Crippen molar-refractivity contribution in [3.05, 3.63) is 98.8 Å². The molecule has 0 saturated carbocycles.